The number of alkyl halides is 3. The summed E-state index contributed by atoms with van der Waals surface area (Å²) in [4.78, 5) is 0. The standard InChI is InChI=1S/C47H27F3O4S/c48-47(49,50)55(51,52)54-44-18-8-10-29-20-22-31(26-40(29)44)30-21-19-28-9-7-16-38(39(28)25-30)46-36-14-3-1-12-34(36)45(35-13-2-4-15-37(35)46)32-23-24-43-41(27-32)33-11-5-6-17-42(33)53-43/h1-27H. The number of rotatable bonds is 5. The highest BCUT2D eigenvalue weighted by molar-refractivity contribution is 7.88. The number of para-hydroxylation sites is 1. The van der Waals surface area contributed by atoms with Crippen LogP contribution in [-0.2, 0) is 10.1 Å². The fraction of sp³-hybridized carbons (Fsp3) is 0.0213. The molecule has 1 aromatic heterocycles. The Kier molecular flexibility index (Phi) is 7.31. The first-order valence-corrected chi connectivity index (χ1v) is 19.0. The Morgan fingerprint density at radius 3 is 1.60 bits per heavy atom. The molecule has 0 fully saturated rings. The van der Waals surface area contributed by atoms with Crippen LogP contribution in [0.2, 0.25) is 0 Å². The summed E-state index contributed by atoms with van der Waals surface area (Å²) in [5.74, 6) is -0.392. The third-order valence-corrected chi connectivity index (χ3v) is 11.4. The minimum Gasteiger partial charge on any atom is -0.456 e. The number of halogens is 3. The van der Waals surface area contributed by atoms with Gasteiger partial charge in [-0.2, -0.15) is 21.6 Å². The molecule has 1 heterocycles. The first kappa shape index (κ1) is 33.0. The molecule has 0 amide bonds. The first-order valence-electron chi connectivity index (χ1n) is 17.6. The van der Waals surface area contributed by atoms with Gasteiger partial charge >= 0.3 is 15.6 Å². The van der Waals surface area contributed by atoms with Crippen molar-refractivity contribution in [1.82, 2.24) is 0 Å². The summed E-state index contributed by atoms with van der Waals surface area (Å²) >= 11 is 0. The molecule has 0 unspecified atom stereocenters. The van der Waals surface area contributed by atoms with Crippen LogP contribution in [0.3, 0.4) is 0 Å². The van der Waals surface area contributed by atoms with Gasteiger partial charge in [0.05, 0.1) is 0 Å². The van der Waals surface area contributed by atoms with Gasteiger partial charge in [-0.15, -0.1) is 0 Å². The largest absolute Gasteiger partial charge is 0.534 e. The Hall–Kier alpha value is -6.64. The number of fused-ring (bicyclic) bond motifs is 7. The smallest absolute Gasteiger partial charge is 0.456 e. The fourth-order valence-corrected chi connectivity index (χ4v) is 8.42. The van der Waals surface area contributed by atoms with Gasteiger partial charge in [-0.05, 0) is 107 Å². The highest BCUT2D eigenvalue weighted by Gasteiger charge is 2.48. The molecule has 0 saturated carbocycles. The maximum atomic E-state index is 13.3. The lowest BCUT2D eigenvalue weighted by atomic mass is 9.84. The van der Waals surface area contributed by atoms with Crippen LogP contribution >= 0.6 is 0 Å². The van der Waals surface area contributed by atoms with Gasteiger partial charge in [0.2, 0.25) is 0 Å². The van der Waals surface area contributed by atoms with E-state index in [0.717, 1.165) is 82.1 Å². The Bertz CT molecular complexity index is 3250. The van der Waals surface area contributed by atoms with Crippen molar-refractivity contribution in [3.8, 4) is 39.1 Å². The van der Waals surface area contributed by atoms with E-state index in [0.29, 0.717) is 10.9 Å². The number of furan rings is 1. The van der Waals surface area contributed by atoms with E-state index >= 15 is 0 Å². The van der Waals surface area contributed by atoms with Crippen LogP contribution in [0.4, 0.5) is 13.2 Å². The molecular weight excluding hydrogens is 718 g/mol. The van der Waals surface area contributed by atoms with Gasteiger partial charge in [0, 0.05) is 16.2 Å². The zero-order chi connectivity index (χ0) is 37.5. The molecule has 10 aromatic rings. The van der Waals surface area contributed by atoms with E-state index < -0.39 is 21.4 Å². The van der Waals surface area contributed by atoms with Crippen molar-refractivity contribution in [2.75, 3.05) is 0 Å². The highest BCUT2D eigenvalue weighted by Crippen LogP contribution is 2.47. The van der Waals surface area contributed by atoms with Gasteiger partial charge in [-0.25, -0.2) is 0 Å². The summed E-state index contributed by atoms with van der Waals surface area (Å²) in [5.41, 5.74) is 1.94. The Morgan fingerprint density at radius 2 is 0.945 bits per heavy atom. The molecule has 0 N–H and O–H groups in total. The minimum atomic E-state index is -5.86. The third-order valence-electron chi connectivity index (χ3n) is 10.4. The van der Waals surface area contributed by atoms with Gasteiger partial charge < -0.3 is 8.60 Å². The second-order valence-corrected chi connectivity index (χ2v) is 15.1. The number of hydrogen-bond donors (Lipinski definition) is 0. The molecule has 0 atom stereocenters. The highest BCUT2D eigenvalue weighted by atomic mass is 32.2. The minimum absolute atomic E-state index is 0.246. The van der Waals surface area contributed by atoms with Crippen molar-refractivity contribution in [3.05, 3.63) is 164 Å². The molecule has 0 aliphatic heterocycles. The Morgan fingerprint density at radius 1 is 0.436 bits per heavy atom. The van der Waals surface area contributed by atoms with Crippen molar-refractivity contribution in [2.24, 2.45) is 0 Å². The van der Waals surface area contributed by atoms with Crippen LogP contribution in [0.1, 0.15) is 0 Å². The molecule has 0 bridgehead atoms. The van der Waals surface area contributed by atoms with Crippen molar-refractivity contribution >= 4 is 75.1 Å². The van der Waals surface area contributed by atoms with Gasteiger partial charge in [-0.3, -0.25) is 0 Å². The summed E-state index contributed by atoms with van der Waals surface area (Å²) in [6, 6.07) is 53.3. The molecule has 0 radical (unpaired) electrons. The zero-order valence-electron chi connectivity index (χ0n) is 28.8. The van der Waals surface area contributed by atoms with E-state index in [4.69, 9.17) is 4.42 Å². The molecule has 9 aromatic carbocycles. The van der Waals surface area contributed by atoms with Gasteiger partial charge in [0.1, 0.15) is 11.2 Å². The molecule has 10 rings (SSSR count). The molecule has 0 spiro atoms. The SMILES string of the molecule is O=S(=O)(Oc1cccc2ccc(-c3ccc4cccc(-c5c6ccccc6c(-c6ccc7oc8ccccc8c7c6)c6ccccc56)c4c3)cc12)C(F)(F)F. The van der Waals surface area contributed by atoms with E-state index in [1.165, 1.54) is 12.1 Å². The van der Waals surface area contributed by atoms with Crippen molar-refractivity contribution in [2.45, 2.75) is 5.51 Å². The maximum Gasteiger partial charge on any atom is 0.534 e. The van der Waals surface area contributed by atoms with Crippen molar-refractivity contribution < 1.29 is 30.2 Å². The van der Waals surface area contributed by atoms with Gasteiger partial charge in [0.25, 0.3) is 0 Å². The van der Waals surface area contributed by atoms with E-state index in [2.05, 4.69) is 89.1 Å². The van der Waals surface area contributed by atoms with E-state index in [9.17, 15) is 21.6 Å². The second kappa shape index (κ2) is 12.2. The third kappa shape index (κ3) is 5.32. The summed E-state index contributed by atoms with van der Waals surface area (Å²) in [6.45, 7) is 0. The van der Waals surface area contributed by atoms with Crippen molar-refractivity contribution in [1.29, 1.82) is 0 Å². The Balaban J connectivity index is 1.18. The van der Waals surface area contributed by atoms with Crippen LogP contribution in [0.25, 0.3) is 98.4 Å². The lowest BCUT2D eigenvalue weighted by Gasteiger charge is -2.19. The average molecular weight is 745 g/mol. The van der Waals surface area contributed by atoms with Crippen molar-refractivity contribution in [3.63, 3.8) is 0 Å². The molecule has 0 saturated heterocycles. The monoisotopic (exact) mass is 744 g/mol. The molecule has 0 aliphatic carbocycles. The van der Waals surface area contributed by atoms with Crippen LogP contribution in [0.5, 0.6) is 5.75 Å². The van der Waals surface area contributed by atoms with E-state index in [-0.39, 0.29) is 5.39 Å². The normalized spacial score (nSPS) is 12.4. The van der Waals surface area contributed by atoms with Crippen LogP contribution in [0, 0.1) is 0 Å². The average Bonchev–Trinajstić information content (AvgIpc) is 3.57. The summed E-state index contributed by atoms with van der Waals surface area (Å²) in [5, 5.41) is 9.29. The Labute approximate surface area is 312 Å². The lowest BCUT2D eigenvalue weighted by molar-refractivity contribution is -0.0499. The predicted molar refractivity (Wildman–Crippen MR) is 216 cm³/mol. The molecule has 266 valence electrons. The fourth-order valence-electron chi connectivity index (χ4n) is 7.94. The van der Waals surface area contributed by atoms with E-state index in [1.807, 2.05) is 48.5 Å². The van der Waals surface area contributed by atoms with Crippen LogP contribution in [0.15, 0.2) is 168 Å². The molecule has 55 heavy (non-hydrogen) atoms. The van der Waals surface area contributed by atoms with Crippen LogP contribution in [-0.4, -0.2) is 13.9 Å². The summed E-state index contributed by atoms with van der Waals surface area (Å²) in [7, 11) is -5.86. The predicted octanol–water partition coefficient (Wildman–Crippen LogP) is 13.4. The number of benzene rings is 9. The number of hydrogen-bond acceptors (Lipinski definition) is 4. The quantitative estimate of drug-likeness (QED) is 0.100. The first-order chi connectivity index (χ1) is 26.6. The second-order valence-electron chi connectivity index (χ2n) is 13.6. The van der Waals surface area contributed by atoms with Gasteiger partial charge in [0.15, 0.2) is 5.75 Å². The molecule has 0 aliphatic rings. The summed E-state index contributed by atoms with van der Waals surface area (Å²) < 4.78 is 74.5. The molecule has 8 heteroatoms. The maximum absolute atomic E-state index is 13.3. The van der Waals surface area contributed by atoms with E-state index in [1.54, 1.807) is 18.2 Å². The lowest BCUT2D eigenvalue weighted by Crippen LogP contribution is -2.28. The van der Waals surface area contributed by atoms with Gasteiger partial charge in [-0.1, -0.05) is 127 Å². The van der Waals surface area contributed by atoms with Crippen LogP contribution < -0.4 is 4.18 Å². The molecular formula is C47H27F3O4S. The zero-order valence-corrected chi connectivity index (χ0v) is 29.6. The molecule has 4 nitrogen and oxygen atoms in total. The topological polar surface area (TPSA) is 56.5 Å². The summed E-state index contributed by atoms with van der Waals surface area (Å²) in [6.07, 6.45) is 0.